The molecule has 0 aliphatic carbocycles. The molecule has 2 atom stereocenters. The lowest BCUT2D eigenvalue weighted by Gasteiger charge is -2.39. The maximum atomic E-state index is 5.69. The second-order valence-electron chi connectivity index (χ2n) is 4.31. The Morgan fingerprint density at radius 2 is 2.47 bits per heavy atom. The van der Waals surface area contributed by atoms with Crippen molar-refractivity contribution < 1.29 is 4.74 Å². The molecule has 0 spiro atoms. The molecule has 1 aromatic rings. The van der Waals surface area contributed by atoms with Gasteiger partial charge in [0.05, 0.1) is 11.6 Å². The Morgan fingerprint density at radius 3 is 3.13 bits per heavy atom. The predicted molar refractivity (Wildman–Crippen MR) is 64.5 cm³/mol. The van der Waals surface area contributed by atoms with Gasteiger partial charge in [0.1, 0.15) is 0 Å². The van der Waals surface area contributed by atoms with Crippen molar-refractivity contribution in [3.63, 3.8) is 0 Å². The van der Waals surface area contributed by atoms with E-state index in [0.29, 0.717) is 6.04 Å². The van der Waals surface area contributed by atoms with Crippen molar-refractivity contribution in [3.8, 4) is 0 Å². The van der Waals surface area contributed by atoms with E-state index in [0.717, 1.165) is 19.4 Å². The van der Waals surface area contributed by atoms with Crippen molar-refractivity contribution in [1.29, 1.82) is 0 Å². The van der Waals surface area contributed by atoms with Crippen LogP contribution in [0.15, 0.2) is 11.4 Å². The van der Waals surface area contributed by atoms with Crippen molar-refractivity contribution in [2.45, 2.75) is 38.3 Å². The first kappa shape index (κ1) is 11.1. The first-order valence-corrected chi connectivity index (χ1v) is 6.44. The van der Waals surface area contributed by atoms with Crippen LogP contribution in [0.3, 0.4) is 0 Å². The molecule has 2 rings (SSSR count). The highest BCUT2D eigenvalue weighted by Gasteiger charge is 2.36. The van der Waals surface area contributed by atoms with Crippen LogP contribution in [0.4, 0.5) is 0 Å². The number of hydrogen-bond acceptors (Lipinski definition) is 3. The Balaban J connectivity index is 2.33. The Bertz CT molecular complexity index is 330. The third-order valence-electron chi connectivity index (χ3n) is 3.57. The quantitative estimate of drug-likeness (QED) is 0.854. The van der Waals surface area contributed by atoms with E-state index >= 15 is 0 Å². The van der Waals surface area contributed by atoms with Gasteiger partial charge in [-0.1, -0.05) is 6.92 Å². The van der Waals surface area contributed by atoms with Crippen LogP contribution in [-0.2, 0) is 11.2 Å². The van der Waals surface area contributed by atoms with Gasteiger partial charge in [-0.25, -0.2) is 0 Å². The maximum absolute atomic E-state index is 5.69. The summed E-state index contributed by atoms with van der Waals surface area (Å²) in [5.74, 6) is 0. The van der Waals surface area contributed by atoms with Crippen molar-refractivity contribution >= 4 is 11.3 Å². The molecule has 1 aromatic heterocycles. The summed E-state index contributed by atoms with van der Waals surface area (Å²) in [5.41, 5.74) is 1.36. The van der Waals surface area contributed by atoms with Crippen LogP contribution in [-0.4, -0.2) is 19.3 Å². The van der Waals surface area contributed by atoms with Crippen LogP contribution in [0.2, 0.25) is 0 Å². The molecule has 2 heterocycles. The lowest BCUT2D eigenvalue weighted by molar-refractivity contribution is -0.0313. The Kier molecular flexibility index (Phi) is 3.14. The average Bonchev–Trinajstić information content (AvgIpc) is 2.75. The number of fused-ring (bicyclic) bond motifs is 1. The van der Waals surface area contributed by atoms with Crippen molar-refractivity contribution in [3.05, 3.63) is 21.9 Å². The Morgan fingerprint density at radius 1 is 1.67 bits per heavy atom. The molecule has 0 fully saturated rings. The molecule has 1 aliphatic rings. The van der Waals surface area contributed by atoms with E-state index in [1.165, 1.54) is 10.4 Å². The highest BCUT2D eigenvalue weighted by atomic mass is 32.1. The Hall–Kier alpha value is -0.380. The fraction of sp³-hybridized carbons (Fsp3) is 0.667. The molecule has 1 aliphatic heterocycles. The van der Waals surface area contributed by atoms with Gasteiger partial charge in [-0.15, -0.1) is 11.3 Å². The molecule has 2 nitrogen and oxygen atoms in total. The number of thiophene rings is 1. The van der Waals surface area contributed by atoms with Gasteiger partial charge in [-0.3, -0.25) is 0 Å². The molecule has 0 radical (unpaired) electrons. The summed E-state index contributed by atoms with van der Waals surface area (Å²) in [6.07, 6.45) is 2.18. The van der Waals surface area contributed by atoms with Crippen molar-refractivity contribution in [2.24, 2.45) is 0 Å². The van der Waals surface area contributed by atoms with E-state index < -0.39 is 0 Å². The number of rotatable bonds is 3. The fourth-order valence-electron chi connectivity index (χ4n) is 2.26. The van der Waals surface area contributed by atoms with Crippen molar-refractivity contribution in [1.82, 2.24) is 5.32 Å². The normalized spacial score (nSPS) is 24.6. The molecule has 1 N–H and O–H groups in total. The lowest BCUT2D eigenvalue weighted by atomic mass is 9.85. The average molecular weight is 225 g/mol. The second kappa shape index (κ2) is 4.24. The van der Waals surface area contributed by atoms with E-state index in [1.807, 2.05) is 18.4 Å². The van der Waals surface area contributed by atoms with E-state index in [1.54, 1.807) is 0 Å². The molecule has 0 aromatic carbocycles. The van der Waals surface area contributed by atoms with Gasteiger partial charge < -0.3 is 10.1 Å². The fourth-order valence-corrected chi connectivity index (χ4v) is 3.18. The topological polar surface area (TPSA) is 21.3 Å². The number of nitrogens with one attached hydrogen (secondary N) is 1. The van der Waals surface area contributed by atoms with Gasteiger partial charge in [0.2, 0.25) is 0 Å². The van der Waals surface area contributed by atoms with Crippen LogP contribution < -0.4 is 5.32 Å². The summed E-state index contributed by atoms with van der Waals surface area (Å²) in [5, 5.41) is 5.78. The molecule has 0 saturated carbocycles. The van der Waals surface area contributed by atoms with E-state index in [9.17, 15) is 0 Å². The molecule has 0 saturated heterocycles. The zero-order valence-electron chi connectivity index (χ0n) is 9.67. The zero-order chi connectivity index (χ0) is 10.9. The van der Waals surface area contributed by atoms with E-state index in [2.05, 4.69) is 30.6 Å². The van der Waals surface area contributed by atoms with Gasteiger partial charge >= 0.3 is 0 Å². The third kappa shape index (κ3) is 1.84. The smallest absolute Gasteiger partial charge is 0.0842 e. The number of hydrogen-bond donors (Lipinski definition) is 1. The van der Waals surface area contributed by atoms with Crippen LogP contribution in [0.1, 0.15) is 36.8 Å². The molecule has 2 unspecified atom stereocenters. The van der Waals surface area contributed by atoms with E-state index in [4.69, 9.17) is 4.74 Å². The minimum atomic E-state index is -0.0871. The SMILES string of the molecule is CCC(C)(OC)C1NCCc2sccc21. The minimum Gasteiger partial charge on any atom is -0.377 e. The van der Waals surface area contributed by atoms with Crippen molar-refractivity contribution in [2.75, 3.05) is 13.7 Å². The number of ether oxygens (including phenoxy) is 1. The minimum absolute atomic E-state index is 0.0871. The largest absolute Gasteiger partial charge is 0.377 e. The van der Waals surface area contributed by atoms with Gasteiger partial charge in [0, 0.05) is 18.5 Å². The molecular weight excluding hydrogens is 206 g/mol. The molecule has 15 heavy (non-hydrogen) atoms. The monoisotopic (exact) mass is 225 g/mol. The molecular formula is C12H19NOS. The molecule has 0 bridgehead atoms. The van der Waals surface area contributed by atoms with Crippen LogP contribution in [0.25, 0.3) is 0 Å². The lowest BCUT2D eigenvalue weighted by Crippen LogP contribution is -2.45. The van der Waals surface area contributed by atoms with Gasteiger partial charge in [-0.05, 0) is 36.8 Å². The summed E-state index contributed by atoms with van der Waals surface area (Å²) in [4.78, 5) is 1.52. The Labute approximate surface area is 95.6 Å². The standard InChI is InChI=1S/C12H19NOS/c1-4-12(2,14-3)11-9-6-8-15-10(9)5-7-13-11/h6,8,11,13H,4-5,7H2,1-3H3. The van der Waals surface area contributed by atoms with Crippen LogP contribution in [0.5, 0.6) is 0 Å². The second-order valence-corrected chi connectivity index (χ2v) is 5.31. The summed E-state index contributed by atoms with van der Waals surface area (Å²) < 4.78 is 5.69. The highest BCUT2D eigenvalue weighted by Crippen LogP contribution is 2.37. The summed E-state index contributed by atoms with van der Waals surface area (Å²) in [6, 6.07) is 2.59. The van der Waals surface area contributed by atoms with Gasteiger partial charge in [0.25, 0.3) is 0 Å². The van der Waals surface area contributed by atoms with Crippen LogP contribution >= 0.6 is 11.3 Å². The highest BCUT2D eigenvalue weighted by molar-refractivity contribution is 7.10. The van der Waals surface area contributed by atoms with Crippen LogP contribution in [0, 0.1) is 0 Å². The summed E-state index contributed by atoms with van der Waals surface area (Å²) in [7, 11) is 1.81. The molecule has 3 heteroatoms. The molecule has 84 valence electrons. The zero-order valence-corrected chi connectivity index (χ0v) is 10.5. The molecule has 0 amide bonds. The first-order valence-electron chi connectivity index (χ1n) is 5.56. The maximum Gasteiger partial charge on any atom is 0.0842 e. The van der Waals surface area contributed by atoms with Gasteiger partial charge in [-0.2, -0.15) is 0 Å². The van der Waals surface area contributed by atoms with Gasteiger partial charge in [0.15, 0.2) is 0 Å². The first-order chi connectivity index (χ1) is 7.21. The predicted octanol–water partition coefficient (Wildman–Crippen LogP) is 2.75. The summed E-state index contributed by atoms with van der Waals surface area (Å²) >= 11 is 1.87. The third-order valence-corrected chi connectivity index (χ3v) is 4.57. The number of methoxy groups -OCH3 is 1. The summed E-state index contributed by atoms with van der Waals surface area (Å²) in [6.45, 7) is 5.44. The van der Waals surface area contributed by atoms with E-state index in [-0.39, 0.29) is 5.60 Å².